The molecule has 5 heteroatoms. The van der Waals surface area contributed by atoms with Crippen LogP contribution in [0.4, 0.5) is 0 Å². The summed E-state index contributed by atoms with van der Waals surface area (Å²) in [6.45, 7) is 0. The van der Waals surface area contributed by atoms with Crippen molar-refractivity contribution >= 4 is 76.5 Å². The summed E-state index contributed by atoms with van der Waals surface area (Å²) in [5.41, 5.74) is 12.4. The molecule has 12 aromatic rings. The van der Waals surface area contributed by atoms with E-state index >= 15 is 0 Å². The fraction of sp³-hybridized carbons (Fsp3) is 0. The molecule has 5 nitrogen and oxygen atoms in total. The number of furan rings is 1. The van der Waals surface area contributed by atoms with Crippen LogP contribution in [0.1, 0.15) is 0 Å². The molecule has 8 aromatic carbocycles. The maximum absolute atomic E-state index is 6.34. The molecule has 12 rings (SSSR count). The van der Waals surface area contributed by atoms with Crippen LogP contribution >= 0.6 is 0 Å². The number of para-hydroxylation sites is 4. The van der Waals surface area contributed by atoms with E-state index in [1.165, 1.54) is 21.8 Å². The zero-order valence-corrected chi connectivity index (χ0v) is 29.5. The molecule has 4 heterocycles. The third-order valence-corrected chi connectivity index (χ3v) is 11.1. The average Bonchev–Trinajstić information content (AvgIpc) is 3.91. The Hall–Kier alpha value is -7.50. The van der Waals surface area contributed by atoms with Crippen molar-refractivity contribution in [2.75, 3.05) is 0 Å². The van der Waals surface area contributed by atoms with E-state index in [-0.39, 0.29) is 0 Å². The van der Waals surface area contributed by atoms with E-state index in [2.05, 4.69) is 167 Å². The third-order valence-electron chi connectivity index (χ3n) is 11.1. The summed E-state index contributed by atoms with van der Waals surface area (Å²) >= 11 is 0. The molecule has 0 amide bonds. The lowest BCUT2D eigenvalue weighted by molar-refractivity contribution is 0.669. The van der Waals surface area contributed by atoms with Crippen molar-refractivity contribution in [1.29, 1.82) is 0 Å². The van der Waals surface area contributed by atoms with Gasteiger partial charge >= 0.3 is 0 Å². The van der Waals surface area contributed by atoms with E-state index < -0.39 is 0 Å². The second-order valence-corrected chi connectivity index (χ2v) is 14.2. The Morgan fingerprint density at radius 2 is 0.982 bits per heavy atom. The van der Waals surface area contributed by atoms with E-state index in [0.29, 0.717) is 5.95 Å². The van der Waals surface area contributed by atoms with Gasteiger partial charge in [-0.25, -0.2) is 9.97 Å². The van der Waals surface area contributed by atoms with Crippen LogP contribution in [0, 0.1) is 0 Å². The molecule has 0 atom stereocenters. The lowest BCUT2D eigenvalue weighted by Crippen LogP contribution is -2.03. The highest BCUT2D eigenvalue weighted by Crippen LogP contribution is 2.41. The summed E-state index contributed by atoms with van der Waals surface area (Å²) in [5.74, 6) is 0.628. The number of rotatable bonds is 4. The number of aromatic nitrogens is 4. The van der Waals surface area contributed by atoms with Gasteiger partial charge in [0.05, 0.1) is 33.3 Å². The van der Waals surface area contributed by atoms with Crippen molar-refractivity contribution in [2.45, 2.75) is 0 Å². The lowest BCUT2D eigenvalue weighted by atomic mass is 10.0. The SMILES string of the molecule is c1ccc(-c2nc(-n3c4ccccc4c4ccc(-c5ccc6c(c5)c5ccccc5n6-c5ccccc5)cc43)nc3ccc4oc5ccccc5c4c23)cc1. The summed E-state index contributed by atoms with van der Waals surface area (Å²) in [6, 6.07) is 64.2. The fourth-order valence-corrected chi connectivity index (χ4v) is 8.71. The normalized spacial score (nSPS) is 12.0. The number of benzene rings is 8. The predicted molar refractivity (Wildman–Crippen MR) is 226 cm³/mol. The summed E-state index contributed by atoms with van der Waals surface area (Å²) in [5, 5.41) is 7.85. The number of hydrogen-bond acceptors (Lipinski definition) is 3. The standard InChI is InChI=1S/C50H30N4O/c1-3-13-31(14-4-1)49-48-40(26-28-46-47(48)38-19-9-12-22-45(38)55-46)51-50(52-49)54-42-21-11-7-17-35(42)37-25-23-33(30-44(37)54)32-24-27-43-39(29-32)36-18-8-10-20-41(36)53(43)34-15-5-2-6-16-34/h1-30H. The summed E-state index contributed by atoms with van der Waals surface area (Å²) in [6.07, 6.45) is 0. The van der Waals surface area contributed by atoms with Crippen LogP contribution in [0.15, 0.2) is 186 Å². The first-order valence-corrected chi connectivity index (χ1v) is 18.6. The Labute approximate surface area is 315 Å². The maximum atomic E-state index is 6.34. The molecule has 0 aliphatic rings. The molecule has 0 radical (unpaired) electrons. The molecule has 256 valence electrons. The summed E-state index contributed by atoms with van der Waals surface area (Å²) in [4.78, 5) is 10.8. The van der Waals surface area contributed by atoms with Gasteiger partial charge in [0.15, 0.2) is 0 Å². The Balaban J connectivity index is 1.12. The Morgan fingerprint density at radius 3 is 1.80 bits per heavy atom. The van der Waals surface area contributed by atoms with Crippen molar-refractivity contribution < 1.29 is 4.42 Å². The van der Waals surface area contributed by atoms with Gasteiger partial charge in [0.1, 0.15) is 11.2 Å². The highest BCUT2D eigenvalue weighted by molar-refractivity contribution is 6.22. The average molecular weight is 703 g/mol. The van der Waals surface area contributed by atoms with Crippen LogP contribution < -0.4 is 0 Å². The zero-order chi connectivity index (χ0) is 36.0. The van der Waals surface area contributed by atoms with Crippen LogP contribution in [0.3, 0.4) is 0 Å². The Morgan fingerprint density at radius 1 is 0.364 bits per heavy atom. The van der Waals surface area contributed by atoms with E-state index in [9.17, 15) is 0 Å². The van der Waals surface area contributed by atoms with E-state index in [1.807, 2.05) is 24.3 Å². The van der Waals surface area contributed by atoms with Crippen LogP contribution in [-0.4, -0.2) is 19.1 Å². The molecule has 0 bridgehead atoms. The smallest absolute Gasteiger partial charge is 0.235 e. The molecular weight excluding hydrogens is 673 g/mol. The van der Waals surface area contributed by atoms with Gasteiger partial charge in [-0.15, -0.1) is 0 Å². The largest absolute Gasteiger partial charge is 0.456 e. The van der Waals surface area contributed by atoms with Crippen LogP contribution in [0.25, 0.3) is 110 Å². The molecule has 0 N–H and O–H groups in total. The maximum Gasteiger partial charge on any atom is 0.235 e. The van der Waals surface area contributed by atoms with Crippen molar-refractivity contribution in [3.8, 4) is 34.0 Å². The number of hydrogen-bond donors (Lipinski definition) is 0. The Kier molecular flexibility index (Phi) is 6.27. The minimum atomic E-state index is 0.628. The van der Waals surface area contributed by atoms with E-state index in [4.69, 9.17) is 14.4 Å². The minimum Gasteiger partial charge on any atom is -0.456 e. The predicted octanol–water partition coefficient (Wildman–Crippen LogP) is 13.1. The van der Waals surface area contributed by atoms with Gasteiger partial charge in [-0.1, -0.05) is 121 Å². The van der Waals surface area contributed by atoms with Crippen molar-refractivity contribution in [3.05, 3.63) is 182 Å². The molecule has 0 aliphatic carbocycles. The van der Waals surface area contributed by atoms with Gasteiger partial charge in [0.2, 0.25) is 5.95 Å². The molecule has 0 unspecified atom stereocenters. The fourth-order valence-electron chi connectivity index (χ4n) is 8.71. The molecular formula is C50H30N4O. The Bertz CT molecular complexity index is 3480. The quantitative estimate of drug-likeness (QED) is 0.183. The van der Waals surface area contributed by atoms with Crippen LogP contribution in [-0.2, 0) is 0 Å². The molecule has 4 aromatic heterocycles. The van der Waals surface area contributed by atoms with Crippen LogP contribution in [0.5, 0.6) is 0 Å². The zero-order valence-electron chi connectivity index (χ0n) is 29.5. The molecule has 0 aliphatic heterocycles. The highest BCUT2D eigenvalue weighted by Gasteiger charge is 2.21. The first-order valence-electron chi connectivity index (χ1n) is 18.6. The number of nitrogens with zero attached hydrogens (tertiary/aromatic N) is 4. The molecule has 0 fully saturated rings. The van der Waals surface area contributed by atoms with Gasteiger partial charge in [0, 0.05) is 49.0 Å². The van der Waals surface area contributed by atoms with Crippen molar-refractivity contribution in [3.63, 3.8) is 0 Å². The van der Waals surface area contributed by atoms with Gasteiger partial charge in [0.25, 0.3) is 0 Å². The van der Waals surface area contributed by atoms with Crippen molar-refractivity contribution in [2.24, 2.45) is 0 Å². The van der Waals surface area contributed by atoms with Crippen LogP contribution in [0.2, 0.25) is 0 Å². The van der Waals surface area contributed by atoms with E-state index in [0.717, 1.165) is 82.7 Å². The van der Waals surface area contributed by atoms with Gasteiger partial charge in [-0.2, -0.15) is 0 Å². The van der Waals surface area contributed by atoms with Gasteiger partial charge < -0.3 is 8.98 Å². The molecule has 0 saturated heterocycles. The van der Waals surface area contributed by atoms with Crippen molar-refractivity contribution in [1.82, 2.24) is 19.1 Å². The first kappa shape index (κ1) is 30.0. The second kappa shape index (κ2) is 11.5. The van der Waals surface area contributed by atoms with Gasteiger partial charge in [-0.05, 0) is 71.8 Å². The third kappa shape index (κ3) is 4.41. The summed E-state index contributed by atoms with van der Waals surface area (Å²) in [7, 11) is 0. The highest BCUT2D eigenvalue weighted by atomic mass is 16.3. The first-order chi connectivity index (χ1) is 27.3. The minimum absolute atomic E-state index is 0.628. The second-order valence-electron chi connectivity index (χ2n) is 14.2. The summed E-state index contributed by atoms with van der Waals surface area (Å²) < 4.78 is 10.9. The topological polar surface area (TPSA) is 48.8 Å². The van der Waals surface area contributed by atoms with E-state index in [1.54, 1.807) is 0 Å². The monoisotopic (exact) mass is 702 g/mol. The lowest BCUT2D eigenvalue weighted by Gasteiger charge is -2.13. The number of fused-ring (bicyclic) bond motifs is 11. The molecule has 0 saturated carbocycles. The molecule has 0 spiro atoms. The molecule has 55 heavy (non-hydrogen) atoms. The van der Waals surface area contributed by atoms with Gasteiger partial charge in [-0.3, -0.25) is 4.57 Å².